The third-order valence-corrected chi connectivity index (χ3v) is 4.89. The second-order valence-electron chi connectivity index (χ2n) is 6.94. The molecule has 5 heteroatoms. The lowest BCUT2D eigenvalue weighted by Crippen LogP contribution is -2.24. The zero-order chi connectivity index (χ0) is 20.1. The fraction of sp³-hybridized carbons (Fsp3) is 0.167. The molecule has 0 bridgehead atoms. The van der Waals surface area contributed by atoms with Crippen LogP contribution in [0.5, 0.6) is 0 Å². The minimum Gasteiger partial charge on any atom is -0.352 e. The Bertz CT molecular complexity index is 1120. The highest BCUT2D eigenvalue weighted by Crippen LogP contribution is 2.28. The molecule has 1 aromatic carbocycles. The van der Waals surface area contributed by atoms with Gasteiger partial charge in [-0.3, -0.25) is 19.7 Å². The third kappa shape index (κ3) is 4.29. The Balaban J connectivity index is 1.42. The number of nitrogens with one attached hydrogen (secondary N) is 1. The van der Waals surface area contributed by atoms with Crippen LogP contribution in [0.4, 0.5) is 0 Å². The average Bonchev–Trinajstić information content (AvgIpc) is 2.78. The van der Waals surface area contributed by atoms with Crippen LogP contribution < -0.4 is 5.32 Å². The van der Waals surface area contributed by atoms with Crippen molar-refractivity contribution < 1.29 is 4.79 Å². The molecule has 4 rings (SSSR count). The number of nitrogens with zero attached hydrogens (tertiary/aromatic N) is 3. The summed E-state index contributed by atoms with van der Waals surface area (Å²) < 4.78 is 0. The second-order valence-corrected chi connectivity index (χ2v) is 6.94. The van der Waals surface area contributed by atoms with Crippen molar-refractivity contribution in [2.75, 3.05) is 6.54 Å². The molecule has 0 aliphatic carbocycles. The van der Waals surface area contributed by atoms with E-state index in [4.69, 9.17) is 0 Å². The van der Waals surface area contributed by atoms with Crippen LogP contribution in [0.3, 0.4) is 0 Å². The number of benzene rings is 1. The molecule has 0 aliphatic rings. The molecule has 5 nitrogen and oxygen atoms in total. The lowest BCUT2D eigenvalue weighted by Gasteiger charge is -2.09. The Hall–Kier alpha value is -3.60. The molecule has 1 amide bonds. The number of aromatic nitrogens is 3. The number of fused-ring (bicyclic) bond motifs is 1. The average molecular weight is 382 g/mol. The summed E-state index contributed by atoms with van der Waals surface area (Å²) in [6, 6.07) is 17.7. The molecule has 1 N–H and O–H groups in total. The van der Waals surface area contributed by atoms with Gasteiger partial charge in [0.2, 0.25) is 0 Å². The molecule has 0 unspecified atom stereocenters. The van der Waals surface area contributed by atoms with E-state index in [9.17, 15) is 4.79 Å². The molecule has 0 fully saturated rings. The standard InChI is InChI=1S/C24H22N4O/c1-17-9-11-20(21-8-5-14-26-23(17)21)22-12-10-18(16-28-22)24(29)27-15-4-7-19-6-2-3-13-25-19/h2-3,5-6,8-14,16H,4,7,15H2,1H3,(H,27,29). The van der Waals surface area contributed by atoms with E-state index in [-0.39, 0.29) is 5.91 Å². The van der Waals surface area contributed by atoms with Crippen LogP contribution >= 0.6 is 0 Å². The molecule has 0 aliphatic heterocycles. The van der Waals surface area contributed by atoms with E-state index in [1.54, 1.807) is 18.6 Å². The van der Waals surface area contributed by atoms with Crippen LogP contribution in [0.1, 0.15) is 28.0 Å². The highest BCUT2D eigenvalue weighted by Gasteiger charge is 2.10. The molecule has 3 aromatic heterocycles. The van der Waals surface area contributed by atoms with Gasteiger partial charge >= 0.3 is 0 Å². The zero-order valence-corrected chi connectivity index (χ0v) is 16.3. The minimum absolute atomic E-state index is 0.111. The number of amides is 1. The number of hydrogen-bond acceptors (Lipinski definition) is 4. The Labute approximate surface area is 169 Å². The van der Waals surface area contributed by atoms with E-state index < -0.39 is 0 Å². The maximum atomic E-state index is 12.4. The molecule has 0 saturated carbocycles. The summed E-state index contributed by atoms with van der Waals surface area (Å²) in [5.41, 5.74) is 5.54. The minimum atomic E-state index is -0.111. The number of hydrogen-bond donors (Lipinski definition) is 1. The van der Waals surface area contributed by atoms with Crippen molar-refractivity contribution in [3.63, 3.8) is 0 Å². The van der Waals surface area contributed by atoms with Gasteiger partial charge in [0, 0.05) is 41.8 Å². The smallest absolute Gasteiger partial charge is 0.252 e. The number of aryl methyl sites for hydroxylation is 2. The highest BCUT2D eigenvalue weighted by molar-refractivity contribution is 5.97. The fourth-order valence-corrected chi connectivity index (χ4v) is 3.34. The fourth-order valence-electron chi connectivity index (χ4n) is 3.34. The lowest BCUT2D eigenvalue weighted by molar-refractivity contribution is 0.0953. The first-order chi connectivity index (χ1) is 14.2. The quantitative estimate of drug-likeness (QED) is 0.503. The van der Waals surface area contributed by atoms with E-state index in [1.165, 1.54) is 0 Å². The van der Waals surface area contributed by atoms with Crippen LogP contribution in [0, 0.1) is 6.92 Å². The van der Waals surface area contributed by atoms with Gasteiger partial charge in [-0.05, 0) is 55.7 Å². The monoisotopic (exact) mass is 382 g/mol. The van der Waals surface area contributed by atoms with Gasteiger partial charge in [0.05, 0.1) is 16.8 Å². The van der Waals surface area contributed by atoms with Crippen LogP contribution in [0.2, 0.25) is 0 Å². The molecule has 0 atom stereocenters. The number of pyridine rings is 3. The molecule has 0 spiro atoms. The summed E-state index contributed by atoms with van der Waals surface area (Å²) in [7, 11) is 0. The van der Waals surface area contributed by atoms with Crippen molar-refractivity contribution in [1.82, 2.24) is 20.3 Å². The molecular weight excluding hydrogens is 360 g/mol. The van der Waals surface area contributed by atoms with Crippen molar-refractivity contribution in [3.05, 3.63) is 90.0 Å². The molecule has 0 radical (unpaired) electrons. The number of rotatable bonds is 6. The summed E-state index contributed by atoms with van der Waals surface area (Å²) in [5.74, 6) is -0.111. The Kier molecular flexibility index (Phi) is 5.56. The van der Waals surface area contributed by atoms with Gasteiger partial charge in [0.25, 0.3) is 5.91 Å². The van der Waals surface area contributed by atoms with Crippen molar-refractivity contribution in [2.24, 2.45) is 0 Å². The SMILES string of the molecule is Cc1ccc(-c2ccc(C(=O)NCCCc3ccccn3)cn2)c2cccnc12. The van der Waals surface area contributed by atoms with E-state index >= 15 is 0 Å². The summed E-state index contributed by atoms with van der Waals surface area (Å²) >= 11 is 0. The molecule has 4 aromatic rings. The predicted molar refractivity (Wildman–Crippen MR) is 115 cm³/mol. The largest absolute Gasteiger partial charge is 0.352 e. The summed E-state index contributed by atoms with van der Waals surface area (Å²) in [6.07, 6.45) is 6.90. The second kappa shape index (κ2) is 8.61. The van der Waals surface area contributed by atoms with Crippen LogP contribution in [0.15, 0.2) is 73.2 Å². The topological polar surface area (TPSA) is 67.8 Å². The van der Waals surface area contributed by atoms with E-state index in [0.717, 1.165) is 46.3 Å². The van der Waals surface area contributed by atoms with Crippen molar-refractivity contribution >= 4 is 16.8 Å². The van der Waals surface area contributed by atoms with Gasteiger partial charge in [-0.25, -0.2) is 0 Å². The van der Waals surface area contributed by atoms with Gasteiger partial charge < -0.3 is 5.32 Å². The summed E-state index contributed by atoms with van der Waals surface area (Å²) in [5, 5.41) is 4.01. The van der Waals surface area contributed by atoms with Crippen molar-refractivity contribution in [3.8, 4) is 11.3 Å². The first kappa shape index (κ1) is 18.7. The Morgan fingerprint density at radius 2 is 1.83 bits per heavy atom. The maximum Gasteiger partial charge on any atom is 0.252 e. The van der Waals surface area contributed by atoms with Crippen molar-refractivity contribution in [2.45, 2.75) is 19.8 Å². The van der Waals surface area contributed by atoms with Crippen LogP contribution in [0.25, 0.3) is 22.2 Å². The third-order valence-electron chi connectivity index (χ3n) is 4.89. The normalized spacial score (nSPS) is 10.8. The molecule has 3 heterocycles. The number of carbonyl (C=O) groups excluding carboxylic acids is 1. The number of carbonyl (C=O) groups is 1. The molecule has 144 valence electrons. The highest BCUT2D eigenvalue weighted by atomic mass is 16.1. The van der Waals surface area contributed by atoms with Gasteiger partial charge in [0.1, 0.15) is 0 Å². The predicted octanol–water partition coefficient (Wildman–Crippen LogP) is 4.36. The van der Waals surface area contributed by atoms with Crippen molar-refractivity contribution in [1.29, 1.82) is 0 Å². The van der Waals surface area contributed by atoms with E-state index in [1.807, 2.05) is 43.3 Å². The lowest BCUT2D eigenvalue weighted by atomic mass is 10.0. The summed E-state index contributed by atoms with van der Waals surface area (Å²) in [4.78, 5) is 25.7. The summed E-state index contributed by atoms with van der Waals surface area (Å²) in [6.45, 7) is 2.65. The van der Waals surface area contributed by atoms with E-state index in [2.05, 4.69) is 38.5 Å². The van der Waals surface area contributed by atoms with Gasteiger partial charge in [-0.15, -0.1) is 0 Å². The Morgan fingerprint density at radius 3 is 2.62 bits per heavy atom. The van der Waals surface area contributed by atoms with Crippen LogP contribution in [-0.2, 0) is 6.42 Å². The molecule has 0 saturated heterocycles. The van der Waals surface area contributed by atoms with Crippen LogP contribution in [-0.4, -0.2) is 27.4 Å². The first-order valence-electron chi connectivity index (χ1n) is 9.71. The maximum absolute atomic E-state index is 12.4. The zero-order valence-electron chi connectivity index (χ0n) is 16.3. The van der Waals surface area contributed by atoms with E-state index in [0.29, 0.717) is 12.1 Å². The Morgan fingerprint density at radius 1 is 0.931 bits per heavy atom. The molecule has 29 heavy (non-hydrogen) atoms. The first-order valence-corrected chi connectivity index (χ1v) is 9.71. The van der Waals surface area contributed by atoms with Gasteiger partial charge in [0.15, 0.2) is 0 Å². The van der Waals surface area contributed by atoms with Gasteiger partial charge in [-0.1, -0.05) is 24.3 Å². The van der Waals surface area contributed by atoms with Gasteiger partial charge in [-0.2, -0.15) is 0 Å². The molecular formula is C24H22N4O.